The third kappa shape index (κ3) is 44.2. The molecule has 0 amide bonds. The molecule has 0 heterocycles. The summed E-state index contributed by atoms with van der Waals surface area (Å²) in [6.45, 7) is 3.51. The minimum Gasteiger partial charge on any atom is -0.480 e. The maximum atomic E-state index is 12.6. The maximum absolute atomic E-state index is 12.6. The van der Waals surface area contributed by atoms with E-state index in [-0.39, 0.29) is 13.0 Å². The van der Waals surface area contributed by atoms with Gasteiger partial charge in [-0.05, 0) is 103 Å². The lowest BCUT2D eigenvalue weighted by atomic mass is 10.1. The highest BCUT2D eigenvalue weighted by atomic mass is 31.2. The van der Waals surface area contributed by atoms with E-state index in [1.54, 1.807) is 0 Å². The molecule has 0 aliphatic rings. The SMILES string of the molecule is CC/C=C\C/C=C\C/C=C\C/C=C\C/C=C\C/C=C\CCCCCCCOCC(COP(=O)(O)OCC(N)C(=O)O)OC(=O)CCCC/C=C\C/C=C\C/C=C\C/C=C\CC. The molecule has 0 rings (SSSR count). The molecule has 344 valence electrons. The van der Waals surface area contributed by atoms with Crippen LogP contribution < -0.4 is 5.73 Å². The van der Waals surface area contributed by atoms with E-state index in [4.69, 9.17) is 29.4 Å². The van der Waals surface area contributed by atoms with Crippen LogP contribution in [-0.4, -0.2) is 60.5 Å². The number of phosphoric ester groups is 1. The Morgan fingerprint density at radius 3 is 1.34 bits per heavy atom. The molecule has 10 nitrogen and oxygen atoms in total. The number of carboxylic acid groups (broad SMARTS) is 1. The number of esters is 1. The molecule has 4 N–H and O–H groups in total. The fourth-order valence-electron chi connectivity index (χ4n) is 5.30. The molecule has 0 bridgehead atoms. The molecule has 11 heteroatoms. The summed E-state index contributed by atoms with van der Waals surface area (Å²) < 4.78 is 33.3. The summed E-state index contributed by atoms with van der Waals surface area (Å²) in [6.07, 6.45) is 61.2. The van der Waals surface area contributed by atoms with Gasteiger partial charge in [-0.1, -0.05) is 155 Å². The number of carboxylic acids is 1. The van der Waals surface area contributed by atoms with Gasteiger partial charge in [-0.15, -0.1) is 0 Å². The standard InChI is InChI=1S/C50H80NO9P/c1-3-5-7-9-11-13-15-17-19-20-21-22-23-24-25-26-27-29-31-33-35-37-39-41-43-57-44-47(45-58-61(55,56)59-46-48(51)50(53)54)60-49(52)42-40-38-36-34-32-30-28-18-16-14-12-10-8-6-4-2/h5-8,11-14,17-19,21-22,24-25,27-29,32,34,47-48H,3-4,9-10,15-16,20,23,26,30-31,33,35-46,51H2,1-2H3,(H,53,54)(H,55,56)/b7-5-,8-6-,13-11-,14-12-,19-17-,22-21-,25-24-,28-18-,29-27-,34-32-. The molecule has 0 aliphatic carbocycles. The second-order valence-electron chi connectivity index (χ2n) is 14.4. The van der Waals surface area contributed by atoms with Crippen molar-refractivity contribution < 1.29 is 42.7 Å². The fourth-order valence-corrected chi connectivity index (χ4v) is 6.08. The highest BCUT2D eigenvalue weighted by Crippen LogP contribution is 2.43. The van der Waals surface area contributed by atoms with E-state index < -0.39 is 45.1 Å². The number of carbonyl (C=O) groups excluding carboxylic acids is 1. The van der Waals surface area contributed by atoms with Gasteiger partial charge in [0.05, 0.1) is 19.8 Å². The summed E-state index contributed by atoms with van der Waals surface area (Å²) in [5.74, 6) is -1.84. The predicted octanol–water partition coefficient (Wildman–Crippen LogP) is 12.9. The van der Waals surface area contributed by atoms with Gasteiger partial charge in [0.25, 0.3) is 0 Å². The van der Waals surface area contributed by atoms with Gasteiger partial charge in [-0.2, -0.15) is 0 Å². The van der Waals surface area contributed by atoms with Crippen LogP contribution in [0.4, 0.5) is 0 Å². The number of ether oxygens (including phenoxy) is 2. The van der Waals surface area contributed by atoms with Crippen LogP contribution in [0.2, 0.25) is 0 Å². The minimum absolute atomic E-state index is 0.0228. The minimum atomic E-state index is -4.65. The van der Waals surface area contributed by atoms with Crippen LogP contribution in [0.5, 0.6) is 0 Å². The second kappa shape index (κ2) is 44.4. The summed E-state index contributed by atoms with van der Waals surface area (Å²) in [5.41, 5.74) is 5.35. The van der Waals surface area contributed by atoms with E-state index in [0.717, 1.165) is 116 Å². The van der Waals surface area contributed by atoms with Crippen LogP contribution >= 0.6 is 7.82 Å². The lowest BCUT2D eigenvalue weighted by Gasteiger charge is -2.20. The molecule has 0 saturated carbocycles. The monoisotopic (exact) mass is 870 g/mol. The van der Waals surface area contributed by atoms with Crippen LogP contribution in [0, 0.1) is 0 Å². The quantitative estimate of drug-likeness (QED) is 0.0234. The summed E-state index contributed by atoms with van der Waals surface area (Å²) in [6, 6.07) is -1.49. The summed E-state index contributed by atoms with van der Waals surface area (Å²) in [5, 5.41) is 8.90. The first-order chi connectivity index (χ1) is 29.7. The fraction of sp³-hybridized carbons (Fsp3) is 0.560. The first kappa shape index (κ1) is 57.4. The van der Waals surface area contributed by atoms with Crippen LogP contribution in [0.1, 0.15) is 142 Å². The molecule has 0 radical (unpaired) electrons. The third-order valence-corrected chi connectivity index (χ3v) is 9.69. The molecular weight excluding hydrogens is 790 g/mol. The number of hydrogen-bond acceptors (Lipinski definition) is 8. The smallest absolute Gasteiger partial charge is 0.472 e. The molecule has 0 saturated heterocycles. The van der Waals surface area contributed by atoms with Gasteiger partial charge < -0.3 is 25.2 Å². The molecule has 0 spiro atoms. The molecule has 0 fully saturated rings. The number of unbranched alkanes of at least 4 members (excludes halogenated alkanes) is 7. The van der Waals surface area contributed by atoms with Crippen molar-refractivity contribution in [3.63, 3.8) is 0 Å². The molecule has 0 aromatic heterocycles. The predicted molar refractivity (Wildman–Crippen MR) is 253 cm³/mol. The number of rotatable bonds is 41. The molecule has 0 aromatic rings. The van der Waals surface area contributed by atoms with Gasteiger partial charge in [0, 0.05) is 13.0 Å². The molecule has 0 aromatic carbocycles. The van der Waals surface area contributed by atoms with Gasteiger partial charge in [-0.25, -0.2) is 4.57 Å². The average molecular weight is 870 g/mol. The molecule has 0 aliphatic heterocycles. The zero-order valence-electron chi connectivity index (χ0n) is 37.4. The number of allylic oxidation sites excluding steroid dienone is 20. The number of hydrogen-bond donors (Lipinski definition) is 3. The van der Waals surface area contributed by atoms with Gasteiger partial charge in [-0.3, -0.25) is 18.6 Å². The van der Waals surface area contributed by atoms with Gasteiger partial charge in [0.15, 0.2) is 0 Å². The van der Waals surface area contributed by atoms with Crippen molar-refractivity contribution in [3.05, 3.63) is 122 Å². The lowest BCUT2D eigenvalue weighted by molar-refractivity contribution is -0.154. The van der Waals surface area contributed by atoms with Crippen LogP contribution in [0.3, 0.4) is 0 Å². The highest BCUT2D eigenvalue weighted by molar-refractivity contribution is 7.47. The van der Waals surface area contributed by atoms with E-state index >= 15 is 0 Å². The number of phosphoric acid groups is 1. The molecule has 3 unspecified atom stereocenters. The van der Waals surface area contributed by atoms with Crippen molar-refractivity contribution in [2.24, 2.45) is 5.73 Å². The Morgan fingerprint density at radius 2 is 0.902 bits per heavy atom. The normalized spacial score (nSPS) is 15.0. The van der Waals surface area contributed by atoms with Crippen molar-refractivity contribution in [3.8, 4) is 0 Å². The number of aliphatic carboxylic acids is 1. The van der Waals surface area contributed by atoms with Crippen molar-refractivity contribution in [2.75, 3.05) is 26.4 Å². The summed E-state index contributed by atoms with van der Waals surface area (Å²) in [4.78, 5) is 33.5. The largest absolute Gasteiger partial charge is 0.480 e. The topological polar surface area (TPSA) is 155 Å². The Balaban J connectivity index is 4.33. The molecular formula is C50H80NO9P. The Bertz CT molecular complexity index is 1420. The Kier molecular flexibility index (Phi) is 41.8. The first-order valence-corrected chi connectivity index (χ1v) is 24.1. The summed E-state index contributed by atoms with van der Waals surface area (Å²) >= 11 is 0. The van der Waals surface area contributed by atoms with E-state index in [1.807, 2.05) is 0 Å². The van der Waals surface area contributed by atoms with Gasteiger partial charge in [0.1, 0.15) is 12.1 Å². The number of nitrogens with two attached hydrogens (primary N) is 1. The molecule has 3 atom stereocenters. The van der Waals surface area contributed by atoms with Crippen molar-refractivity contribution in [2.45, 2.75) is 154 Å². The van der Waals surface area contributed by atoms with E-state index in [2.05, 4.69) is 135 Å². The van der Waals surface area contributed by atoms with E-state index in [0.29, 0.717) is 13.0 Å². The van der Waals surface area contributed by atoms with Crippen LogP contribution in [0.25, 0.3) is 0 Å². The Morgan fingerprint density at radius 1 is 0.525 bits per heavy atom. The van der Waals surface area contributed by atoms with E-state index in [1.165, 1.54) is 0 Å². The first-order valence-electron chi connectivity index (χ1n) is 22.6. The van der Waals surface area contributed by atoms with Crippen molar-refractivity contribution >= 4 is 19.8 Å². The highest BCUT2D eigenvalue weighted by Gasteiger charge is 2.27. The Hall–Kier alpha value is -3.63. The maximum Gasteiger partial charge on any atom is 0.472 e. The van der Waals surface area contributed by atoms with Gasteiger partial charge >= 0.3 is 19.8 Å². The number of carbonyl (C=O) groups is 2. The average Bonchev–Trinajstić information content (AvgIpc) is 3.24. The second-order valence-corrected chi connectivity index (χ2v) is 15.9. The third-order valence-electron chi connectivity index (χ3n) is 8.74. The zero-order chi connectivity index (χ0) is 44.8. The Labute approximate surface area is 369 Å². The zero-order valence-corrected chi connectivity index (χ0v) is 38.3. The van der Waals surface area contributed by atoms with E-state index in [9.17, 15) is 19.0 Å². The molecule has 61 heavy (non-hydrogen) atoms. The van der Waals surface area contributed by atoms with Crippen molar-refractivity contribution in [1.29, 1.82) is 0 Å². The van der Waals surface area contributed by atoms with Crippen molar-refractivity contribution in [1.82, 2.24) is 0 Å². The summed E-state index contributed by atoms with van der Waals surface area (Å²) in [7, 11) is -4.65. The lowest BCUT2D eigenvalue weighted by Crippen LogP contribution is -2.34. The van der Waals surface area contributed by atoms with Crippen LogP contribution in [-0.2, 0) is 32.7 Å². The van der Waals surface area contributed by atoms with Crippen LogP contribution in [0.15, 0.2) is 122 Å². The van der Waals surface area contributed by atoms with Gasteiger partial charge in [0.2, 0.25) is 0 Å².